The summed E-state index contributed by atoms with van der Waals surface area (Å²) in [6, 6.07) is 4.66. The highest BCUT2D eigenvalue weighted by atomic mass is 16.5. The Bertz CT molecular complexity index is 672. The van der Waals surface area contributed by atoms with Gasteiger partial charge in [0, 0.05) is 13.1 Å². The summed E-state index contributed by atoms with van der Waals surface area (Å²) >= 11 is 0. The van der Waals surface area contributed by atoms with Gasteiger partial charge in [-0.3, -0.25) is 9.59 Å². The van der Waals surface area contributed by atoms with Gasteiger partial charge in [-0.25, -0.2) is 0 Å². The number of hydrogen-bond acceptors (Lipinski definition) is 6. The molecule has 0 aliphatic rings. The molecular formula is C21H34N4O4. The van der Waals surface area contributed by atoms with E-state index in [0.717, 1.165) is 25.9 Å². The molecule has 0 heterocycles. The molecule has 3 N–H and O–H groups in total. The van der Waals surface area contributed by atoms with Gasteiger partial charge in [-0.05, 0) is 77.9 Å². The molecule has 0 radical (unpaired) electrons. The molecule has 1 aromatic carbocycles. The molecule has 0 fully saturated rings. The molecule has 0 saturated carbocycles. The highest BCUT2D eigenvalue weighted by molar-refractivity contribution is 6.21. The number of ether oxygens (including phenoxy) is 1. The normalized spacial score (nSPS) is 10.7. The Labute approximate surface area is 173 Å². The predicted octanol–water partition coefficient (Wildman–Crippen LogP) is 0.920. The van der Waals surface area contributed by atoms with Crippen molar-refractivity contribution in [2.75, 3.05) is 61.5 Å². The fourth-order valence-corrected chi connectivity index (χ4v) is 2.57. The van der Waals surface area contributed by atoms with Crippen molar-refractivity contribution < 1.29 is 19.4 Å². The fraction of sp³-hybridized carbons (Fsp3) is 0.524. The second kappa shape index (κ2) is 12.8. The number of aromatic hydroxyl groups is 1. The van der Waals surface area contributed by atoms with E-state index in [2.05, 4.69) is 10.6 Å². The number of carbonyl (C=O) groups excluding carboxylic acids is 2. The van der Waals surface area contributed by atoms with Crippen LogP contribution in [-0.2, 0) is 9.59 Å². The lowest BCUT2D eigenvalue weighted by Gasteiger charge is -2.13. The Kier molecular flexibility index (Phi) is 10.8. The Morgan fingerprint density at radius 2 is 1.52 bits per heavy atom. The zero-order valence-corrected chi connectivity index (χ0v) is 18.1. The SMILES string of the molecule is COc1cc(C=C(C(=O)NCCCN(C)C)C(=O)NCCCN(C)C)ccc1O. The van der Waals surface area contributed by atoms with Crippen LogP contribution >= 0.6 is 0 Å². The van der Waals surface area contributed by atoms with Crippen molar-refractivity contribution in [1.82, 2.24) is 20.4 Å². The summed E-state index contributed by atoms with van der Waals surface area (Å²) in [6.45, 7) is 2.62. The second-order valence-electron chi connectivity index (χ2n) is 7.31. The molecule has 0 atom stereocenters. The van der Waals surface area contributed by atoms with E-state index < -0.39 is 11.8 Å². The zero-order valence-electron chi connectivity index (χ0n) is 18.1. The van der Waals surface area contributed by atoms with Crippen molar-refractivity contribution in [3.63, 3.8) is 0 Å². The minimum Gasteiger partial charge on any atom is -0.504 e. The number of phenolic OH excluding ortho intramolecular Hbond substituents is 1. The number of rotatable bonds is 12. The maximum absolute atomic E-state index is 12.7. The van der Waals surface area contributed by atoms with Crippen LogP contribution in [0.4, 0.5) is 0 Å². The van der Waals surface area contributed by atoms with E-state index >= 15 is 0 Å². The van der Waals surface area contributed by atoms with Gasteiger partial charge in [0.25, 0.3) is 11.8 Å². The third-order valence-corrected chi connectivity index (χ3v) is 4.14. The van der Waals surface area contributed by atoms with E-state index in [4.69, 9.17) is 4.74 Å². The van der Waals surface area contributed by atoms with Gasteiger partial charge in [-0.1, -0.05) is 6.07 Å². The van der Waals surface area contributed by atoms with Gasteiger partial charge in [-0.15, -0.1) is 0 Å². The molecular weight excluding hydrogens is 372 g/mol. The van der Waals surface area contributed by atoms with E-state index in [1.807, 2.05) is 38.0 Å². The quantitative estimate of drug-likeness (QED) is 0.207. The second-order valence-corrected chi connectivity index (χ2v) is 7.31. The maximum atomic E-state index is 12.7. The summed E-state index contributed by atoms with van der Waals surface area (Å²) in [5, 5.41) is 15.4. The van der Waals surface area contributed by atoms with Gasteiger partial charge in [-0.2, -0.15) is 0 Å². The lowest BCUT2D eigenvalue weighted by molar-refractivity contribution is -0.123. The molecule has 8 heteroatoms. The molecule has 0 aliphatic carbocycles. The molecule has 29 heavy (non-hydrogen) atoms. The lowest BCUT2D eigenvalue weighted by atomic mass is 10.1. The number of nitrogens with one attached hydrogen (secondary N) is 2. The highest BCUT2D eigenvalue weighted by Gasteiger charge is 2.18. The molecule has 0 saturated heterocycles. The van der Waals surface area contributed by atoms with Gasteiger partial charge in [0.15, 0.2) is 11.5 Å². The first-order chi connectivity index (χ1) is 13.7. The number of benzene rings is 1. The van der Waals surface area contributed by atoms with Crippen LogP contribution in [0.1, 0.15) is 18.4 Å². The van der Waals surface area contributed by atoms with Gasteiger partial charge >= 0.3 is 0 Å². The van der Waals surface area contributed by atoms with Crippen molar-refractivity contribution in [2.24, 2.45) is 0 Å². The summed E-state index contributed by atoms with van der Waals surface area (Å²) in [7, 11) is 9.30. The maximum Gasteiger partial charge on any atom is 0.256 e. The summed E-state index contributed by atoms with van der Waals surface area (Å²) in [5.74, 6) is -0.592. The van der Waals surface area contributed by atoms with E-state index in [9.17, 15) is 14.7 Å². The summed E-state index contributed by atoms with van der Waals surface area (Å²) in [4.78, 5) is 29.4. The summed E-state index contributed by atoms with van der Waals surface area (Å²) in [6.07, 6.45) is 3.07. The number of hydrogen-bond donors (Lipinski definition) is 3. The van der Waals surface area contributed by atoms with Gasteiger partial charge < -0.3 is 30.3 Å². The average Bonchev–Trinajstić information content (AvgIpc) is 2.67. The van der Waals surface area contributed by atoms with Crippen molar-refractivity contribution in [3.05, 3.63) is 29.3 Å². The van der Waals surface area contributed by atoms with E-state index in [1.165, 1.54) is 19.3 Å². The Balaban J connectivity index is 2.92. The van der Waals surface area contributed by atoms with Crippen LogP contribution in [0.2, 0.25) is 0 Å². The minimum atomic E-state index is -0.430. The predicted molar refractivity (Wildman–Crippen MR) is 115 cm³/mol. The monoisotopic (exact) mass is 406 g/mol. The molecule has 162 valence electrons. The number of methoxy groups -OCH3 is 1. The molecule has 0 spiro atoms. The fourth-order valence-electron chi connectivity index (χ4n) is 2.57. The Hall–Kier alpha value is -2.58. The van der Waals surface area contributed by atoms with Crippen molar-refractivity contribution in [3.8, 4) is 11.5 Å². The van der Waals surface area contributed by atoms with E-state index in [0.29, 0.717) is 18.7 Å². The first kappa shape index (κ1) is 24.5. The van der Waals surface area contributed by atoms with Crippen LogP contribution in [0.3, 0.4) is 0 Å². The highest BCUT2D eigenvalue weighted by Crippen LogP contribution is 2.27. The van der Waals surface area contributed by atoms with Crippen LogP contribution in [-0.4, -0.2) is 88.2 Å². The first-order valence-electron chi connectivity index (χ1n) is 9.69. The number of carbonyl (C=O) groups is 2. The third-order valence-electron chi connectivity index (χ3n) is 4.14. The van der Waals surface area contributed by atoms with Crippen molar-refractivity contribution >= 4 is 17.9 Å². The van der Waals surface area contributed by atoms with Crippen LogP contribution in [0.25, 0.3) is 6.08 Å². The number of amides is 2. The van der Waals surface area contributed by atoms with Gasteiger partial charge in [0.2, 0.25) is 0 Å². The van der Waals surface area contributed by atoms with E-state index in [-0.39, 0.29) is 17.1 Å². The van der Waals surface area contributed by atoms with E-state index in [1.54, 1.807) is 12.1 Å². The van der Waals surface area contributed by atoms with Crippen LogP contribution in [0, 0.1) is 0 Å². The minimum absolute atomic E-state index is 0.00697. The molecule has 0 bridgehead atoms. The number of phenols is 1. The Morgan fingerprint density at radius 1 is 1.00 bits per heavy atom. The molecule has 1 rings (SSSR count). The largest absolute Gasteiger partial charge is 0.504 e. The molecule has 2 amide bonds. The average molecular weight is 407 g/mol. The van der Waals surface area contributed by atoms with Crippen LogP contribution < -0.4 is 15.4 Å². The first-order valence-corrected chi connectivity index (χ1v) is 9.69. The molecule has 1 aromatic rings. The summed E-state index contributed by atoms with van der Waals surface area (Å²) in [5.41, 5.74) is 0.606. The molecule has 8 nitrogen and oxygen atoms in total. The van der Waals surface area contributed by atoms with Crippen LogP contribution in [0.15, 0.2) is 23.8 Å². The van der Waals surface area contributed by atoms with Gasteiger partial charge in [0.05, 0.1) is 7.11 Å². The Morgan fingerprint density at radius 3 is 1.97 bits per heavy atom. The lowest BCUT2D eigenvalue weighted by Crippen LogP contribution is -2.36. The van der Waals surface area contributed by atoms with Crippen molar-refractivity contribution in [2.45, 2.75) is 12.8 Å². The summed E-state index contributed by atoms with van der Waals surface area (Å²) < 4.78 is 5.10. The third kappa shape index (κ3) is 9.45. The van der Waals surface area contributed by atoms with Crippen LogP contribution in [0.5, 0.6) is 11.5 Å². The van der Waals surface area contributed by atoms with Crippen molar-refractivity contribution in [1.29, 1.82) is 0 Å². The number of nitrogens with zero attached hydrogens (tertiary/aromatic N) is 2. The smallest absolute Gasteiger partial charge is 0.256 e. The topological polar surface area (TPSA) is 94.1 Å². The zero-order chi connectivity index (χ0) is 21.8. The standard InChI is InChI=1S/C21H34N4O4/c1-24(2)12-6-10-22-20(27)17(21(28)23-11-7-13-25(3)4)14-16-8-9-18(26)19(15-16)29-5/h8-9,14-15,26H,6-7,10-13H2,1-5H3,(H,22,27)(H,23,28). The molecule has 0 aliphatic heterocycles. The molecule has 0 unspecified atom stereocenters. The van der Waals surface area contributed by atoms with Gasteiger partial charge in [0.1, 0.15) is 5.57 Å². The molecule has 0 aromatic heterocycles.